The maximum absolute atomic E-state index is 13.4. The lowest BCUT2D eigenvalue weighted by molar-refractivity contribution is -0.143. The molecule has 3 atom stereocenters. The summed E-state index contributed by atoms with van der Waals surface area (Å²) in [6, 6.07) is 5.48. The molecule has 0 spiro atoms. The van der Waals surface area contributed by atoms with Gasteiger partial charge in [-0.15, -0.1) is 0 Å². The van der Waals surface area contributed by atoms with Gasteiger partial charge in [-0.05, 0) is 74.5 Å². The Balaban J connectivity index is 1.51. The van der Waals surface area contributed by atoms with E-state index in [1.807, 2.05) is 4.90 Å². The van der Waals surface area contributed by atoms with Gasteiger partial charge in [-0.1, -0.05) is 18.6 Å². The standard InChI is InChI=1S/C22H29F3N2O/c23-22(24,25)18-9-7-14(8-10-18)19-6-1-2-11-27(19)21(28)17-12-15-4-3-5-16(13-17)20(15)26/h7-10,15-17,19-20H,1-6,11-13,26H2. The minimum Gasteiger partial charge on any atom is -0.335 e. The van der Waals surface area contributed by atoms with Crippen LogP contribution in [0, 0.1) is 17.8 Å². The van der Waals surface area contributed by atoms with E-state index in [9.17, 15) is 18.0 Å². The number of nitrogens with zero attached hydrogens (tertiary/aromatic N) is 1. The van der Waals surface area contributed by atoms with Crippen LogP contribution in [-0.2, 0) is 11.0 Å². The zero-order valence-corrected chi connectivity index (χ0v) is 16.1. The molecule has 28 heavy (non-hydrogen) atoms. The van der Waals surface area contributed by atoms with Crippen molar-refractivity contribution in [1.29, 1.82) is 0 Å². The van der Waals surface area contributed by atoms with Gasteiger partial charge in [0, 0.05) is 18.5 Å². The average molecular weight is 394 g/mol. The van der Waals surface area contributed by atoms with Gasteiger partial charge in [-0.2, -0.15) is 13.2 Å². The number of alkyl halides is 3. The van der Waals surface area contributed by atoms with E-state index in [2.05, 4.69) is 0 Å². The summed E-state index contributed by atoms with van der Waals surface area (Å²) >= 11 is 0. The molecule has 3 fully saturated rings. The first-order chi connectivity index (χ1) is 13.3. The Bertz CT molecular complexity index is 689. The SMILES string of the molecule is NC1C2CCCC1CC(C(=O)N1CCCCC1c1ccc(C(F)(F)F)cc1)C2. The molecule has 154 valence electrons. The van der Waals surface area contributed by atoms with Gasteiger partial charge in [-0.25, -0.2) is 0 Å². The molecule has 3 aliphatic rings. The number of amides is 1. The van der Waals surface area contributed by atoms with Crippen LogP contribution in [0.1, 0.15) is 68.5 Å². The Kier molecular flexibility index (Phi) is 5.43. The Hall–Kier alpha value is -1.56. The van der Waals surface area contributed by atoms with Crippen molar-refractivity contribution >= 4 is 5.91 Å². The average Bonchev–Trinajstić information content (AvgIpc) is 2.67. The van der Waals surface area contributed by atoms with Gasteiger partial charge in [0.15, 0.2) is 0 Å². The van der Waals surface area contributed by atoms with E-state index in [-0.39, 0.29) is 23.9 Å². The van der Waals surface area contributed by atoms with Crippen molar-refractivity contribution in [2.75, 3.05) is 6.54 Å². The first-order valence-electron chi connectivity index (χ1n) is 10.6. The number of benzene rings is 1. The van der Waals surface area contributed by atoms with Gasteiger partial charge < -0.3 is 10.6 Å². The summed E-state index contributed by atoms with van der Waals surface area (Å²) in [6.45, 7) is 0.697. The summed E-state index contributed by atoms with van der Waals surface area (Å²) in [5.74, 6) is 1.09. The smallest absolute Gasteiger partial charge is 0.335 e. The number of hydrogen-bond acceptors (Lipinski definition) is 2. The van der Waals surface area contributed by atoms with E-state index in [0.29, 0.717) is 18.4 Å². The quantitative estimate of drug-likeness (QED) is 0.774. The largest absolute Gasteiger partial charge is 0.416 e. The number of hydrogen-bond donors (Lipinski definition) is 1. The number of likely N-dealkylation sites (tertiary alicyclic amines) is 1. The second kappa shape index (κ2) is 7.69. The van der Waals surface area contributed by atoms with Crippen LogP contribution in [0.15, 0.2) is 24.3 Å². The predicted molar refractivity (Wildman–Crippen MR) is 101 cm³/mol. The predicted octanol–water partition coefficient (Wildman–Crippen LogP) is 4.91. The molecule has 1 aromatic rings. The minimum atomic E-state index is -4.33. The van der Waals surface area contributed by atoms with Crippen molar-refractivity contribution in [2.24, 2.45) is 23.5 Å². The number of fused-ring (bicyclic) bond motifs is 2. The summed E-state index contributed by atoms with van der Waals surface area (Å²) < 4.78 is 38.6. The Morgan fingerprint density at radius 2 is 1.61 bits per heavy atom. The fourth-order valence-corrected chi connectivity index (χ4v) is 5.66. The fourth-order valence-electron chi connectivity index (χ4n) is 5.66. The minimum absolute atomic E-state index is 0.0187. The summed E-state index contributed by atoms with van der Waals surface area (Å²) in [5.41, 5.74) is 6.55. The van der Waals surface area contributed by atoms with E-state index in [0.717, 1.165) is 62.6 Å². The van der Waals surface area contributed by atoms with Crippen LogP contribution in [0.3, 0.4) is 0 Å². The van der Waals surface area contributed by atoms with Crippen LogP contribution in [-0.4, -0.2) is 23.4 Å². The molecule has 2 N–H and O–H groups in total. The number of rotatable bonds is 2. The van der Waals surface area contributed by atoms with E-state index in [1.165, 1.54) is 6.42 Å². The molecule has 6 heteroatoms. The monoisotopic (exact) mass is 394 g/mol. The third-order valence-corrected chi connectivity index (χ3v) is 7.17. The van der Waals surface area contributed by atoms with Gasteiger partial charge in [-0.3, -0.25) is 4.79 Å². The zero-order valence-electron chi connectivity index (χ0n) is 16.1. The zero-order chi connectivity index (χ0) is 19.9. The molecular weight excluding hydrogens is 365 g/mol. The molecule has 1 heterocycles. The van der Waals surface area contributed by atoms with Crippen molar-refractivity contribution in [2.45, 2.75) is 69.6 Å². The Morgan fingerprint density at radius 3 is 2.21 bits per heavy atom. The summed E-state index contributed by atoms with van der Waals surface area (Å²) in [7, 11) is 0. The second-order valence-electron chi connectivity index (χ2n) is 8.86. The third-order valence-electron chi connectivity index (χ3n) is 7.17. The molecule has 1 aromatic carbocycles. The molecule has 1 aliphatic heterocycles. The van der Waals surface area contributed by atoms with Crippen LogP contribution < -0.4 is 5.73 Å². The Morgan fingerprint density at radius 1 is 0.964 bits per heavy atom. The van der Waals surface area contributed by atoms with Crippen molar-refractivity contribution < 1.29 is 18.0 Å². The molecule has 3 nitrogen and oxygen atoms in total. The summed E-state index contributed by atoms with van der Waals surface area (Å²) in [5, 5.41) is 0. The third kappa shape index (κ3) is 3.80. The van der Waals surface area contributed by atoms with Crippen LogP contribution in [0.4, 0.5) is 13.2 Å². The van der Waals surface area contributed by atoms with Crippen LogP contribution in [0.5, 0.6) is 0 Å². The Labute approximate surface area is 164 Å². The van der Waals surface area contributed by atoms with E-state index in [1.54, 1.807) is 12.1 Å². The highest BCUT2D eigenvalue weighted by Gasteiger charge is 2.43. The summed E-state index contributed by atoms with van der Waals surface area (Å²) in [4.78, 5) is 15.4. The van der Waals surface area contributed by atoms with E-state index < -0.39 is 11.7 Å². The molecule has 3 unspecified atom stereocenters. The highest BCUT2D eigenvalue weighted by Crippen LogP contribution is 2.44. The van der Waals surface area contributed by atoms with Crippen LogP contribution in [0.2, 0.25) is 0 Å². The van der Waals surface area contributed by atoms with Crippen LogP contribution in [0.25, 0.3) is 0 Å². The molecular formula is C22H29F3N2O. The molecule has 2 saturated carbocycles. The maximum Gasteiger partial charge on any atom is 0.416 e. The lowest BCUT2D eigenvalue weighted by atomic mass is 9.64. The van der Waals surface area contributed by atoms with Crippen molar-refractivity contribution in [3.05, 3.63) is 35.4 Å². The molecule has 1 saturated heterocycles. The highest BCUT2D eigenvalue weighted by atomic mass is 19.4. The number of carbonyl (C=O) groups excluding carboxylic acids is 1. The molecule has 0 aromatic heterocycles. The first kappa shape index (κ1) is 19.7. The fraction of sp³-hybridized carbons (Fsp3) is 0.682. The van der Waals surface area contributed by atoms with E-state index >= 15 is 0 Å². The normalized spacial score (nSPS) is 33.6. The van der Waals surface area contributed by atoms with Gasteiger partial charge in [0.25, 0.3) is 0 Å². The number of piperidine rings is 1. The highest BCUT2D eigenvalue weighted by molar-refractivity contribution is 5.79. The van der Waals surface area contributed by atoms with E-state index in [4.69, 9.17) is 5.73 Å². The molecule has 2 bridgehead atoms. The summed E-state index contributed by atoms with van der Waals surface area (Å²) in [6.07, 6.45) is 3.61. The molecule has 1 amide bonds. The van der Waals surface area contributed by atoms with Crippen molar-refractivity contribution in [3.63, 3.8) is 0 Å². The van der Waals surface area contributed by atoms with Gasteiger partial charge in [0.2, 0.25) is 5.91 Å². The van der Waals surface area contributed by atoms with Gasteiger partial charge in [0.05, 0.1) is 11.6 Å². The topological polar surface area (TPSA) is 46.3 Å². The number of nitrogens with two attached hydrogens (primary N) is 1. The number of carbonyl (C=O) groups is 1. The lowest BCUT2D eigenvalue weighted by Crippen LogP contribution is -2.50. The lowest BCUT2D eigenvalue weighted by Gasteiger charge is -2.46. The maximum atomic E-state index is 13.4. The van der Waals surface area contributed by atoms with Gasteiger partial charge >= 0.3 is 6.18 Å². The van der Waals surface area contributed by atoms with Gasteiger partial charge in [0.1, 0.15) is 0 Å². The second-order valence-corrected chi connectivity index (χ2v) is 8.86. The molecule has 4 rings (SSSR count). The number of halogens is 3. The first-order valence-corrected chi connectivity index (χ1v) is 10.6. The molecule has 2 aliphatic carbocycles. The molecule has 0 radical (unpaired) electrons. The van der Waals surface area contributed by atoms with Crippen molar-refractivity contribution in [1.82, 2.24) is 4.90 Å². The van der Waals surface area contributed by atoms with Crippen LogP contribution >= 0.6 is 0 Å². The van der Waals surface area contributed by atoms with Crippen molar-refractivity contribution in [3.8, 4) is 0 Å².